The van der Waals surface area contributed by atoms with Crippen LogP contribution in [0.5, 0.6) is 5.75 Å². The molecule has 4 N–H and O–H groups in total. The van der Waals surface area contributed by atoms with Crippen LogP contribution in [-0.4, -0.2) is 61.2 Å². The van der Waals surface area contributed by atoms with Crippen molar-refractivity contribution in [1.29, 1.82) is 0 Å². The van der Waals surface area contributed by atoms with Crippen molar-refractivity contribution in [2.75, 3.05) is 37.0 Å². The molecule has 12 heteroatoms. The number of hydrogen-bond donors (Lipinski definition) is 3. The molecule has 0 saturated carbocycles. The van der Waals surface area contributed by atoms with Crippen molar-refractivity contribution in [2.45, 2.75) is 24.3 Å². The third-order valence-electron chi connectivity index (χ3n) is 7.28. The first-order valence-electron chi connectivity index (χ1n) is 13.6. The molecule has 0 unspecified atom stereocenters. The molecule has 1 aromatic heterocycles. The van der Waals surface area contributed by atoms with E-state index in [2.05, 4.69) is 15.0 Å². The number of carbonyl (C=O) groups excluding carboxylic acids is 1. The van der Waals surface area contributed by atoms with Gasteiger partial charge in [0.05, 0.1) is 36.3 Å². The third-order valence-corrected chi connectivity index (χ3v) is 9.09. The minimum Gasteiger partial charge on any atom is -0.494 e. The largest absolute Gasteiger partial charge is 0.494 e. The van der Waals surface area contributed by atoms with Crippen LogP contribution in [0.15, 0.2) is 83.9 Å². The van der Waals surface area contributed by atoms with E-state index in [0.717, 1.165) is 10.8 Å². The lowest BCUT2D eigenvalue weighted by Crippen LogP contribution is -2.37. The Bertz CT molecular complexity index is 1730. The zero-order valence-electron chi connectivity index (χ0n) is 23.7. The van der Waals surface area contributed by atoms with Crippen molar-refractivity contribution in [1.82, 2.24) is 9.88 Å². The van der Waals surface area contributed by atoms with Gasteiger partial charge >= 0.3 is 5.97 Å². The topological polar surface area (TPSA) is 152 Å². The van der Waals surface area contributed by atoms with E-state index in [-0.39, 0.29) is 47.6 Å². The van der Waals surface area contributed by atoms with Crippen molar-refractivity contribution in [3.05, 3.63) is 90.4 Å². The Morgan fingerprint density at radius 2 is 1.84 bits per heavy atom. The van der Waals surface area contributed by atoms with Gasteiger partial charge in [0.2, 0.25) is 5.91 Å². The summed E-state index contributed by atoms with van der Waals surface area (Å²) >= 11 is 0. The number of nitrogens with one attached hydrogen (secondary N) is 1. The number of methoxy groups -OCH3 is 1. The maximum Gasteiger partial charge on any atom is 0.309 e. The monoisotopic (exact) mass is 608 g/mol. The SMILES string of the molecule is CCS(=O)(=O)c1ccccc1[C@H]1[C@@H](C(=O)O)CCN1C(=O)CNc1ccc2c(N)nccc2c1.COc1ccccc1F. The standard InChI is InChI=1S/C24H26N4O5S.C7H7FO/c1-2-34(32,33)20-6-4-3-5-18(20)22-19(24(30)31)10-12-28(22)21(29)14-27-16-7-8-17-15(13-16)9-11-26-23(17)25;1-9-7-5-3-2-4-6(7)8/h3-9,11,13,19,22,27H,2,10,12,14H2,1H3,(H2,25,26)(H,30,31);2-5H,1H3/t19-,22-;/m0./s1. The third kappa shape index (κ3) is 7.03. The number of carboxylic acid groups (broad SMARTS) is 1. The van der Waals surface area contributed by atoms with E-state index in [4.69, 9.17) is 5.73 Å². The highest BCUT2D eigenvalue weighted by atomic mass is 32.2. The Morgan fingerprint density at radius 3 is 2.51 bits per heavy atom. The molecule has 0 spiro atoms. The number of halogens is 1. The van der Waals surface area contributed by atoms with Crippen molar-refractivity contribution < 1.29 is 32.2 Å². The molecule has 1 amide bonds. The highest BCUT2D eigenvalue weighted by molar-refractivity contribution is 7.91. The van der Waals surface area contributed by atoms with Gasteiger partial charge in [-0.1, -0.05) is 37.3 Å². The fraction of sp³-hybridized carbons (Fsp3) is 0.258. The van der Waals surface area contributed by atoms with E-state index >= 15 is 0 Å². The Labute approximate surface area is 249 Å². The molecule has 0 bridgehead atoms. The molecule has 1 aliphatic heterocycles. The quantitative estimate of drug-likeness (QED) is 0.262. The Morgan fingerprint density at radius 1 is 1.12 bits per heavy atom. The van der Waals surface area contributed by atoms with Crippen LogP contribution < -0.4 is 15.8 Å². The van der Waals surface area contributed by atoms with Crippen molar-refractivity contribution in [3.8, 4) is 5.75 Å². The van der Waals surface area contributed by atoms with Crippen LogP contribution in [0.1, 0.15) is 24.9 Å². The molecule has 0 aliphatic carbocycles. The molecule has 2 heterocycles. The van der Waals surface area contributed by atoms with Gasteiger partial charge in [0.25, 0.3) is 0 Å². The van der Waals surface area contributed by atoms with Crippen LogP contribution in [0, 0.1) is 11.7 Å². The molecule has 1 fully saturated rings. The molecule has 1 aliphatic rings. The number of pyridine rings is 1. The number of aromatic nitrogens is 1. The van der Waals surface area contributed by atoms with Gasteiger partial charge in [-0.2, -0.15) is 0 Å². The molecule has 43 heavy (non-hydrogen) atoms. The van der Waals surface area contributed by atoms with Gasteiger partial charge in [-0.15, -0.1) is 0 Å². The Balaban J connectivity index is 0.000000403. The molecular formula is C31H33FN4O6S. The van der Waals surface area contributed by atoms with Crippen molar-refractivity contribution >= 4 is 44.0 Å². The predicted octanol–water partition coefficient (Wildman–Crippen LogP) is 4.53. The number of likely N-dealkylation sites (tertiary alicyclic amines) is 1. The fourth-order valence-electron chi connectivity index (χ4n) is 5.08. The van der Waals surface area contributed by atoms with Crippen LogP contribution in [0.4, 0.5) is 15.9 Å². The van der Waals surface area contributed by atoms with Gasteiger partial charge in [0, 0.05) is 23.8 Å². The molecule has 2 atom stereocenters. The minimum absolute atomic E-state index is 0.0714. The number of para-hydroxylation sites is 1. The predicted molar refractivity (Wildman–Crippen MR) is 162 cm³/mol. The first-order valence-corrected chi connectivity index (χ1v) is 15.2. The van der Waals surface area contributed by atoms with Gasteiger partial charge in [-0.3, -0.25) is 9.59 Å². The number of benzene rings is 3. The summed E-state index contributed by atoms with van der Waals surface area (Å²) in [6.07, 6.45) is 1.85. The number of carboxylic acids is 1. The summed E-state index contributed by atoms with van der Waals surface area (Å²) in [4.78, 5) is 30.8. The number of fused-ring (bicyclic) bond motifs is 1. The van der Waals surface area contributed by atoms with Crippen LogP contribution in [0.2, 0.25) is 0 Å². The summed E-state index contributed by atoms with van der Waals surface area (Å²) < 4.78 is 42.5. The summed E-state index contributed by atoms with van der Waals surface area (Å²) in [5.74, 6) is -2.00. The number of hydrogen-bond acceptors (Lipinski definition) is 8. The first kappa shape index (κ1) is 31.2. The number of sulfone groups is 1. The second kappa shape index (κ2) is 13.5. The number of rotatable bonds is 8. The van der Waals surface area contributed by atoms with Crippen LogP contribution in [0.25, 0.3) is 10.8 Å². The van der Waals surface area contributed by atoms with Gasteiger partial charge in [0.15, 0.2) is 21.4 Å². The van der Waals surface area contributed by atoms with E-state index in [1.54, 1.807) is 48.7 Å². The number of nitrogens with two attached hydrogens (primary N) is 1. The minimum atomic E-state index is -3.61. The summed E-state index contributed by atoms with van der Waals surface area (Å²) in [5.41, 5.74) is 6.93. The van der Waals surface area contributed by atoms with Gasteiger partial charge in [-0.25, -0.2) is 17.8 Å². The maximum absolute atomic E-state index is 13.2. The summed E-state index contributed by atoms with van der Waals surface area (Å²) in [6, 6.07) is 19.0. The fourth-order valence-corrected chi connectivity index (χ4v) is 6.22. The zero-order chi connectivity index (χ0) is 31.1. The molecular weight excluding hydrogens is 575 g/mol. The molecule has 0 radical (unpaired) electrons. The second-order valence-electron chi connectivity index (χ2n) is 9.83. The first-order chi connectivity index (χ1) is 20.6. The van der Waals surface area contributed by atoms with Crippen LogP contribution in [-0.2, 0) is 19.4 Å². The zero-order valence-corrected chi connectivity index (χ0v) is 24.6. The Kier molecular flexibility index (Phi) is 9.81. The average molecular weight is 609 g/mol. The molecule has 5 rings (SSSR count). The molecule has 4 aromatic rings. The van der Waals surface area contributed by atoms with Crippen LogP contribution >= 0.6 is 0 Å². The molecule has 10 nitrogen and oxygen atoms in total. The number of nitrogen functional groups attached to an aromatic ring is 1. The molecule has 1 saturated heterocycles. The Hall–Kier alpha value is -4.71. The maximum atomic E-state index is 13.2. The summed E-state index contributed by atoms with van der Waals surface area (Å²) in [7, 11) is -2.16. The number of carbonyl (C=O) groups is 2. The van der Waals surface area contributed by atoms with E-state index in [9.17, 15) is 27.5 Å². The lowest BCUT2D eigenvalue weighted by molar-refractivity contribution is -0.143. The van der Waals surface area contributed by atoms with E-state index in [1.165, 1.54) is 31.1 Å². The van der Waals surface area contributed by atoms with E-state index in [1.807, 2.05) is 18.2 Å². The van der Waals surface area contributed by atoms with Gasteiger partial charge in [-0.05, 0) is 59.8 Å². The average Bonchev–Trinajstić information content (AvgIpc) is 3.46. The van der Waals surface area contributed by atoms with E-state index in [0.29, 0.717) is 17.1 Å². The normalized spacial score (nSPS) is 16.3. The summed E-state index contributed by atoms with van der Waals surface area (Å²) in [6.45, 7) is 1.69. The highest BCUT2D eigenvalue weighted by Crippen LogP contribution is 2.40. The molecule has 226 valence electrons. The number of ether oxygens (including phenoxy) is 1. The number of aliphatic carboxylic acids is 1. The number of anilines is 2. The second-order valence-corrected chi connectivity index (χ2v) is 12.1. The lowest BCUT2D eigenvalue weighted by Gasteiger charge is -2.29. The van der Waals surface area contributed by atoms with Crippen LogP contribution in [0.3, 0.4) is 0 Å². The number of nitrogens with zero attached hydrogens (tertiary/aromatic N) is 2. The molecule has 3 aromatic carbocycles. The van der Waals surface area contributed by atoms with Gasteiger partial charge in [0.1, 0.15) is 5.82 Å². The lowest BCUT2D eigenvalue weighted by atomic mass is 9.93. The van der Waals surface area contributed by atoms with Crippen molar-refractivity contribution in [2.24, 2.45) is 5.92 Å². The summed E-state index contributed by atoms with van der Waals surface area (Å²) in [5, 5.41) is 14.6. The van der Waals surface area contributed by atoms with Gasteiger partial charge < -0.3 is 25.8 Å². The van der Waals surface area contributed by atoms with Crippen molar-refractivity contribution in [3.63, 3.8) is 0 Å². The smallest absolute Gasteiger partial charge is 0.309 e. The highest BCUT2D eigenvalue weighted by Gasteiger charge is 2.43. The van der Waals surface area contributed by atoms with E-state index < -0.39 is 27.8 Å². The number of amides is 1.